The van der Waals surface area contributed by atoms with Gasteiger partial charge in [-0.1, -0.05) is 0 Å². The second kappa shape index (κ2) is 7.88. The molecule has 1 rings (SSSR count). The molecule has 0 aliphatic heterocycles. The molecule has 0 heterocycles. The van der Waals surface area contributed by atoms with Crippen LogP contribution < -0.4 is 15.4 Å². The lowest BCUT2D eigenvalue weighted by atomic mass is 10.2. The van der Waals surface area contributed by atoms with E-state index in [0.717, 1.165) is 0 Å². The molecule has 0 unspecified atom stereocenters. The summed E-state index contributed by atoms with van der Waals surface area (Å²) in [6.07, 6.45) is -1.08. The average Bonchev–Trinajstić information content (AvgIpc) is 2.47. The van der Waals surface area contributed by atoms with Crippen LogP contribution in [0.3, 0.4) is 0 Å². The third-order valence-electron chi connectivity index (χ3n) is 2.55. The van der Waals surface area contributed by atoms with Crippen LogP contribution >= 0.6 is 0 Å². The molecule has 0 radical (unpaired) electrons. The van der Waals surface area contributed by atoms with Crippen molar-refractivity contribution < 1.29 is 23.9 Å². The van der Waals surface area contributed by atoms with Crippen molar-refractivity contribution >= 4 is 17.9 Å². The van der Waals surface area contributed by atoms with Crippen molar-refractivity contribution in [2.24, 2.45) is 0 Å². The number of hydrogen-bond donors (Lipinski definition) is 2. The summed E-state index contributed by atoms with van der Waals surface area (Å²) in [6.45, 7) is 3.49. The standard InChI is InChI=1S/C14H18N2O5/c1-4-15-14(19)16-12(17)9(2)21-13(18)10-5-7-11(20-3)8-6-10/h5-9H,4H2,1-3H3,(H2,15,16,17,19)/t9-/m1/s1. The minimum absolute atomic E-state index is 0.286. The van der Waals surface area contributed by atoms with Gasteiger partial charge in [0.05, 0.1) is 12.7 Å². The molecule has 0 saturated heterocycles. The number of ether oxygens (including phenoxy) is 2. The first kappa shape index (κ1) is 16.5. The van der Waals surface area contributed by atoms with E-state index in [2.05, 4.69) is 10.6 Å². The van der Waals surface area contributed by atoms with Gasteiger partial charge >= 0.3 is 12.0 Å². The van der Waals surface area contributed by atoms with Gasteiger partial charge in [-0.3, -0.25) is 10.1 Å². The molecule has 1 aromatic carbocycles. The summed E-state index contributed by atoms with van der Waals surface area (Å²) in [4.78, 5) is 34.6. The van der Waals surface area contributed by atoms with Crippen molar-refractivity contribution in [1.29, 1.82) is 0 Å². The second-order valence-electron chi connectivity index (χ2n) is 4.12. The van der Waals surface area contributed by atoms with Crippen LogP contribution in [0, 0.1) is 0 Å². The van der Waals surface area contributed by atoms with Crippen LogP contribution in [-0.4, -0.2) is 37.7 Å². The third kappa shape index (κ3) is 5.13. The summed E-state index contributed by atoms with van der Waals surface area (Å²) in [5.41, 5.74) is 0.286. The predicted octanol–water partition coefficient (Wildman–Crippen LogP) is 1.09. The van der Waals surface area contributed by atoms with Crippen molar-refractivity contribution in [2.45, 2.75) is 20.0 Å². The van der Waals surface area contributed by atoms with Crippen molar-refractivity contribution in [3.8, 4) is 5.75 Å². The second-order valence-corrected chi connectivity index (χ2v) is 4.12. The number of rotatable bonds is 5. The maximum Gasteiger partial charge on any atom is 0.338 e. The number of carbonyl (C=O) groups excluding carboxylic acids is 3. The van der Waals surface area contributed by atoms with Crippen LogP contribution in [0.4, 0.5) is 4.79 Å². The molecule has 0 aliphatic rings. The molecule has 7 nitrogen and oxygen atoms in total. The fourth-order valence-electron chi connectivity index (χ4n) is 1.43. The van der Waals surface area contributed by atoms with Gasteiger partial charge in [0.2, 0.25) is 0 Å². The minimum atomic E-state index is -1.08. The SMILES string of the molecule is CCNC(=O)NC(=O)[C@@H](C)OC(=O)c1ccc(OC)cc1. The van der Waals surface area contributed by atoms with Crippen molar-refractivity contribution in [3.05, 3.63) is 29.8 Å². The van der Waals surface area contributed by atoms with E-state index in [9.17, 15) is 14.4 Å². The Hall–Kier alpha value is -2.57. The molecular weight excluding hydrogens is 276 g/mol. The third-order valence-corrected chi connectivity index (χ3v) is 2.55. The Morgan fingerprint density at radius 1 is 1.19 bits per heavy atom. The number of esters is 1. The van der Waals surface area contributed by atoms with Crippen LogP contribution in [0.25, 0.3) is 0 Å². The van der Waals surface area contributed by atoms with Gasteiger partial charge in [-0.2, -0.15) is 0 Å². The van der Waals surface area contributed by atoms with E-state index < -0.39 is 24.0 Å². The van der Waals surface area contributed by atoms with E-state index in [0.29, 0.717) is 12.3 Å². The summed E-state index contributed by atoms with van der Waals surface area (Å²) in [5.74, 6) is -0.743. The molecule has 0 saturated carbocycles. The summed E-state index contributed by atoms with van der Waals surface area (Å²) >= 11 is 0. The molecule has 114 valence electrons. The number of benzene rings is 1. The lowest BCUT2D eigenvalue weighted by Crippen LogP contribution is -2.44. The van der Waals surface area contributed by atoms with E-state index >= 15 is 0 Å². The monoisotopic (exact) mass is 294 g/mol. The molecule has 21 heavy (non-hydrogen) atoms. The van der Waals surface area contributed by atoms with Crippen LogP contribution in [0.1, 0.15) is 24.2 Å². The molecule has 0 spiro atoms. The Morgan fingerprint density at radius 3 is 2.33 bits per heavy atom. The van der Waals surface area contributed by atoms with E-state index in [1.807, 2.05) is 0 Å². The Kier molecular flexibility index (Phi) is 6.19. The molecule has 2 N–H and O–H groups in total. The largest absolute Gasteiger partial charge is 0.497 e. The number of hydrogen-bond acceptors (Lipinski definition) is 5. The molecule has 0 fully saturated rings. The highest BCUT2D eigenvalue weighted by Crippen LogP contribution is 2.12. The van der Waals surface area contributed by atoms with Gasteiger partial charge < -0.3 is 14.8 Å². The molecule has 3 amide bonds. The Balaban J connectivity index is 2.56. The fraction of sp³-hybridized carbons (Fsp3) is 0.357. The average molecular weight is 294 g/mol. The number of imide groups is 1. The lowest BCUT2D eigenvalue weighted by molar-refractivity contribution is -0.127. The summed E-state index contributed by atoms with van der Waals surface area (Å²) < 4.78 is 9.95. The number of carbonyl (C=O) groups is 3. The maximum absolute atomic E-state index is 11.8. The minimum Gasteiger partial charge on any atom is -0.497 e. The zero-order valence-corrected chi connectivity index (χ0v) is 12.1. The Bertz CT molecular complexity index is 513. The zero-order chi connectivity index (χ0) is 15.8. The topological polar surface area (TPSA) is 93.7 Å². The molecule has 7 heteroatoms. The lowest BCUT2D eigenvalue weighted by Gasteiger charge is -2.13. The predicted molar refractivity (Wildman–Crippen MR) is 75.1 cm³/mol. The Morgan fingerprint density at radius 2 is 1.81 bits per heavy atom. The van der Waals surface area contributed by atoms with E-state index in [-0.39, 0.29) is 5.56 Å². The zero-order valence-electron chi connectivity index (χ0n) is 12.1. The quantitative estimate of drug-likeness (QED) is 0.793. The van der Waals surface area contributed by atoms with Gasteiger partial charge in [0.1, 0.15) is 5.75 Å². The molecular formula is C14H18N2O5. The smallest absolute Gasteiger partial charge is 0.338 e. The van der Waals surface area contributed by atoms with Gasteiger partial charge in [0.25, 0.3) is 5.91 Å². The summed E-state index contributed by atoms with van der Waals surface area (Å²) in [7, 11) is 1.51. The highest BCUT2D eigenvalue weighted by atomic mass is 16.5. The van der Waals surface area contributed by atoms with Crippen LogP contribution in [-0.2, 0) is 9.53 Å². The maximum atomic E-state index is 11.8. The van der Waals surface area contributed by atoms with Gasteiger partial charge in [-0.05, 0) is 38.1 Å². The van der Waals surface area contributed by atoms with Crippen LogP contribution in [0.5, 0.6) is 5.75 Å². The molecule has 1 atom stereocenters. The summed E-state index contributed by atoms with van der Waals surface area (Å²) in [6, 6.07) is 5.63. The normalized spacial score (nSPS) is 11.2. The van der Waals surface area contributed by atoms with Gasteiger partial charge in [-0.15, -0.1) is 0 Å². The number of amides is 3. The Labute approximate surface area is 122 Å². The number of nitrogens with one attached hydrogen (secondary N) is 2. The van der Waals surface area contributed by atoms with Crippen molar-refractivity contribution in [1.82, 2.24) is 10.6 Å². The van der Waals surface area contributed by atoms with E-state index in [1.54, 1.807) is 19.1 Å². The van der Waals surface area contributed by atoms with Crippen molar-refractivity contribution in [3.63, 3.8) is 0 Å². The first-order valence-corrected chi connectivity index (χ1v) is 6.41. The summed E-state index contributed by atoms with van der Waals surface area (Å²) in [5, 5.41) is 4.47. The van der Waals surface area contributed by atoms with Gasteiger partial charge in [0.15, 0.2) is 6.10 Å². The molecule has 0 bridgehead atoms. The van der Waals surface area contributed by atoms with Crippen LogP contribution in [0.2, 0.25) is 0 Å². The van der Waals surface area contributed by atoms with Gasteiger partial charge in [0, 0.05) is 6.54 Å². The first-order chi connectivity index (χ1) is 9.97. The molecule has 1 aromatic rings. The highest BCUT2D eigenvalue weighted by Gasteiger charge is 2.20. The highest BCUT2D eigenvalue weighted by molar-refractivity contribution is 5.98. The van der Waals surface area contributed by atoms with E-state index in [1.165, 1.54) is 26.2 Å². The van der Waals surface area contributed by atoms with Crippen LogP contribution in [0.15, 0.2) is 24.3 Å². The molecule has 0 aromatic heterocycles. The molecule has 0 aliphatic carbocycles. The first-order valence-electron chi connectivity index (χ1n) is 6.41. The fourth-order valence-corrected chi connectivity index (χ4v) is 1.43. The number of urea groups is 1. The van der Waals surface area contributed by atoms with Gasteiger partial charge in [-0.25, -0.2) is 9.59 Å². The van der Waals surface area contributed by atoms with E-state index in [4.69, 9.17) is 9.47 Å². The number of methoxy groups -OCH3 is 1. The van der Waals surface area contributed by atoms with Crippen molar-refractivity contribution in [2.75, 3.05) is 13.7 Å².